The van der Waals surface area contributed by atoms with Gasteiger partial charge in [0, 0.05) is 38.0 Å². The van der Waals surface area contributed by atoms with Gasteiger partial charge in [-0.1, -0.05) is 18.2 Å². The van der Waals surface area contributed by atoms with Crippen LogP contribution in [-0.4, -0.2) is 38.7 Å². The molecule has 5 N–H and O–H groups in total. The Balaban J connectivity index is 1.51. The molecule has 2 aliphatic heterocycles. The molecule has 1 aromatic carbocycles. The zero-order valence-electron chi connectivity index (χ0n) is 12.7. The van der Waals surface area contributed by atoms with E-state index in [2.05, 4.69) is 14.9 Å². The van der Waals surface area contributed by atoms with Gasteiger partial charge in [0.2, 0.25) is 11.8 Å². The highest BCUT2D eigenvalue weighted by molar-refractivity contribution is 5.52. The smallest absolute Gasteiger partial charge is 0.225 e. The summed E-state index contributed by atoms with van der Waals surface area (Å²) in [6.07, 6.45) is 1.59. The molecule has 0 saturated carbocycles. The van der Waals surface area contributed by atoms with Gasteiger partial charge in [0.1, 0.15) is 17.2 Å². The van der Waals surface area contributed by atoms with Gasteiger partial charge in [-0.05, 0) is 6.07 Å². The number of nitrogens with two attached hydrogens (primary N) is 2. The van der Waals surface area contributed by atoms with Crippen LogP contribution in [-0.2, 0) is 13.0 Å². The summed E-state index contributed by atoms with van der Waals surface area (Å²) in [7, 11) is 0. The number of likely N-dealkylation sites (tertiary alicyclic amines) is 1. The van der Waals surface area contributed by atoms with Crippen molar-refractivity contribution in [3.8, 4) is 11.6 Å². The number of aromatic hydroxyl groups is 1. The summed E-state index contributed by atoms with van der Waals surface area (Å²) in [5.74, 6) is 1.39. The summed E-state index contributed by atoms with van der Waals surface area (Å²) in [6, 6.07) is 7.41. The third kappa shape index (κ3) is 2.43. The lowest BCUT2D eigenvalue weighted by atomic mass is 9.97. The Morgan fingerprint density at radius 2 is 2.09 bits per heavy atom. The lowest BCUT2D eigenvalue weighted by molar-refractivity contribution is 0.0963. The van der Waals surface area contributed by atoms with Crippen LogP contribution in [0, 0.1) is 0 Å². The minimum absolute atomic E-state index is 0.141. The van der Waals surface area contributed by atoms with Crippen molar-refractivity contribution >= 4 is 11.8 Å². The van der Waals surface area contributed by atoms with Gasteiger partial charge in [-0.3, -0.25) is 4.90 Å². The Hall–Kier alpha value is -2.54. The molecule has 0 amide bonds. The van der Waals surface area contributed by atoms with Crippen molar-refractivity contribution in [1.29, 1.82) is 0 Å². The number of benzene rings is 1. The van der Waals surface area contributed by atoms with Crippen molar-refractivity contribution in [2.75, 3.05) is 24.6 Å². The number of hydrogen-bond donors (Lipinski definition) is 3. The predicted octanol–water partition coefficient (Wildman–Crippen LogP) is 0.926. The van der Waals surface area contributed by atoms with Gasteiger partial charge < -0.3 is 21.3 Å². The number of ether oxygens (including phenoxy) is 1. The molecule has 1 atom stereocenters. The van der Waals surface area contributed by atoms with Crippen LogP contribution in [0.25, 0.3) is 0 Å². The van der Waals surface area contributed by atoms with Gasteiger partial charge in [-0.2, -0.15) is 9.97 Å². The van der Waals surface area contributed by atoms with Crippen LogP contribution in [0.3, 0.4) is 0 Å². The molecule has 2 aromatic rings. The quantitative estimate of drug-likeness (QED) is 0.756. The average molecular weight is 313 g/mol. The summed E-state index contributed by atoms with van der Waals surface area (Å²) >= 11 is 0. The van der Waals surface area contributed by atoms with E-state index in [1.807, 2.05) is 18.2 Å². The van der Waals surface area contributed by atoms with E-state index in [9.17, 15) is 5.11 Å². The molecule has 120 valence electrons. The van der Waals surface area contributed by atoms with Crippen LogP contribution in [0.2, 0.25) is 0 Å². The minimum Gasteiger partial charge on any atom is -0.508 e. The van der Waals surface area contributed by atoms with Crippen LogP contribution < -0.4 is 16.2 Å². The number of aromatic nitrogens is 2. The number of anilines is 2. The molecular weight excluding hydrogens is 294 g/mol. The van der Waals surface area contributed by atoms with Gasteiger partial charge in [0.25, 0.3) is 0 Å². The van der Waals surface area contributed by atoms with E-state index in [0.717, 1.165) is 30.6 Å². The van der Waals surface area contributed by atoms with E-state index in [1.165, 1.54) is 0 Å². The molecule has 7 heteroatoms. The number of phenols is 1. The second-order valence-electron chi connectivity index (χ2n) is 6.30. The highest BCUT2D eigenvalue weighted by Gasteiger charge is 2.46. The largest absolute Gasteiger partial charge is 0.508 e. The van der Waals surface area contributed by atoms with Gasteiger partial charge in [0.15, 0.2) is 0 Å². The fraction of sp³-hybridized carbons (Fsp3) is 0.375. The van der Waals surface area contributed by atoms with Crippen LogP contribution >= 0.6 is 0 Å². The third-order valence-corrected chi connectivity index (χ3v) is 4.61. The van der Waals surface area contributed by atoms with Crippen LogP contribution in [0.15, 0.2) is 24.3 Å². The molecule has 1 spiro atoms. The van der Waals surface area contributed by atoms with Crippen molar-refractivity contribution in [2.45, 2.75) is 25.0 Å². The van der Waals surface area contributed by atoms with E-state index < -0.39 is 0 Å². The first kappa shape index (κ1) is 14.1. The third-order valence-electron chi connectivity index (χ3n) is 4.61. The molecule has 2 aliphatic rings. The lowest BCUT2D eigenvalue weighted by Gasteiger charge is -2.23. The van der Waals surface area contributed by atoms with Crippen LogP contribution in [0.1, 0.15) is 17.5 Å². The minimum atomic E-state index is -0.316. The van der Waals surface area contributed by atoms with E-state index in [1.54, 1.807) is 6.07 Å². The normalized spacial score (nSPS) is 23.1. The maximum Gasteiger partial charge on any atom is 0.225 e. The first-order chi connectivity index (χ1) is 11.0. The molecule has 1 aromatic heterocycles. The van der Waals surface area contributed by atoms with E-state index in [-0.39, 0.29) is 11.5 Å². The van der Waals surface area contributed by atoms with Crippen LogP contribution in [0.4, 0.5) is 11.8 Å². The summed E-state index contributed by atoms with van der Waals surface area (Å²) < 4.78 is 6.10. The maximum atomic E-state index is 9.93. The Morgan fingerprint density at radius 3 is 2.91 bits per heavy atom. The number of para-hydroxylation sites is 1. The summed E-state index contributed by atoms with van der Waals surface area (Å²) in [5.41, 5.74) is 13.0. The number of nitrogen functional groups attached to an aromatic ring is 2. The topological polar surface area (TPSA) is 111 Å². The molecule has 23 heavy (non-hydrogen) atoms. The highest BCUT2D eigenvalue weighted by atomic mass is 16.5. The number of hydrogen-bond acceptors (Lipinski definition) is 7. The number of phenolic OH excluding ortho intramolecular Hbond substituents is 1. The first-order valence-corrected chi connectivity index (χ1v) is 7.65. The molecule has 0 bridgehead atoms. The Kier molecular flexibility index (Phi) is 3.05. The number of rotatable bonds is 2. The molecule has 0 unspecified atom stereocenters. The molecule has 0 aliphatic carbocycles. The molecule has 0 radical (unpaired) electrons. The molecule has 3 heterocycles. The Morgan fingerprint density at radius 1 is 1.26 bits per heavy atom. The maximum absolute atomic E-state index is 9.93. The summed E-state index contributed by atoms with van der Waals surface area (Å²) in [4.78, 5) is 10.5. The van der Waals surface area contributed by atoms with Gasteiger partial charge in [0.05, 0.1) is 5.56 Å². The number of nitrogens with zero attached hydrogens (tertiary/aromatic N) is 3. The standard InChI is InChI=1S/C16H19N5O2/c17-13-11-7-16(23-14(11)20-15(18)19-13)5-6-21(9-16)8-10-3-1-2-4-12(10)22/h1-4,22H,5-9H2,(H4,17,18,19,20)/t16-/m1/s1. The van der Waals surface area contributed by atoms with E-state index in [0.29, 0.717) is 30.4 Å². The zero-order chi connectivity index (χ0) is 16.0. The molecule has 4 rings (SSSR count). The van der Waals surface area contributed by atoms with Crippen molar-refractivity contribution in [2.24, 2.45) is 0 Å². The van der Waals surface area contributed by atoms with Crippen LogP contribution in [0.5, 0.6) is 11.6 Å². The molecular formula is C16H19N5O2. The molecule has 7 nitrogen and oxygen atoms in total. The monoisotopic (exact) mass is 313 g/mol. The first-order valence-electron chi connectivity index (χ1n) is 7.65. The fourth-order valence-electron chi connectivity index (χ4n) is 3.49. The predicted molar refractivity (Wildman–Crippen MR) is 85.9 cm³/mol. The number of fused-ring (bicyclic) bond motifs is 1. The van der Waals surface area contributed by atoms with Crippen molar-refractivity contribution in [3.05, 3.63) is 35.4 Å². The Bertz CT molecular complexity index is 766. The van der Waals surface area contributed by atoms with Crippen molar-refractivity contribution in [1.82, 2.24) is 14.9 Å². The van der Waals surface area contributed by atoms with Gasteiger partial charge in [-0.15, -0.1) is 0 Å². The molecule has 1 saturated heterocycles. The summed E-state index contributed by atoms with van der Waals surface area (Å²) in [6.45, 7) is 2.35. The van der Waals surface area contributed by atoms with E-state index >= 15 is 0 Å². The van der Waals surface area contributed by atoms with Gasteiger partial charge in [-0.25, -0.2) is 0 Å². The average Bonchev–Trinajstić information content (AvgIpc) is 3.05. The second-order valence-corrected chi connectivity index (χ2v) is 6.30. The zero-order valence-corrected chi connectivity index (χ0v) is 12.7. The summed E-state index contributed by atoms with van der Waals surface area (Å²) in [5, 5.41) is 9.93. The second kappa shape index (κ2) is 4.99. The van der Waals surface area contributed by atoms with Crippen molar-refractivity contribution < 1.29 is 9.84 Å². The Labute approximate surface area is 133 Å². The lowest BCUT2D eigenvalue weighted by Crippen LogP contribution is -2.37. The molecule has 1 fully saturated rings. The van der Waals surface area contributed by atoms with Crippen molar-refractivity contribution in [3.63, 3.8) is 0 Å². The van der Waals surface area contributed by atoms with E-state index in [4.69, 9.17) is 16.2 Å². The fourth-order valence-corrected chi connectivity index (χ4v) is 3.49. The van der Waals surface area contributed by atoms with Gasteiger partial charge >= 0.3 is 0 Å². The highest BCUT2D eigenvalue weighted by Crippen LogP contribution is 2.41. The SMILES string of the molecule is Nc1nc(N)c2c(n1)O[C@]1(CCN(Cc3ccccc3O)C1)C2.